The molecule has 150 valence electrons. The van der Waals surface area contributed by atoms with Gasteiger partial charge in [0.15, 0.2) is 0 Å². The van der Waals surface area contributed by atoms with Crippen LogP contribution in [0.3, 0.4) is 0 Å². The third-order valence-electron chi connectivity index (χ3n) is 4.79. The highest BCUT2D eigenvalue weighted by atomic mass is 32.2. The minimum absolute atomic E-state index is 0.0730. The maximum atomic E-state index is 12.1. The minimum atomic E-state index is -3.38. The summed E-state index contributed by atoms with van der Waals surface area (Å²) in [6, 6.07) is 5.12. The van der Waals surface area contributed by atoms with E-state index in [-0.39, 0.29) is 37.1 Å². The predicted octanol–water partition coefficient (Wildman–Crippen LogP) is 0.969. The predicted molar refractivity (Wildman–Crippen MR) is 100 cm³/mol. The summed E-state index contributed by atoms with van der Waals surface area (Å²) >= 11 is 0. The van der Waals surface area contributed by atoms with Gasteiger partial charge >= 0.3 is 0 Å². The second-order valence-corrected chi connectivity index (χ2v) is 8.83. The topological polar surface area (TPSA) is 114 Å². The van der Waals surface area contributed by atoms with Crippen LogP contribution in [-0.4, -0.2) is 57.2 Å². The Morgan fingerprint density at radius 3 is 2.81 bits per heavy atom. The number of benzene rings is 1. The van der Waals surface area contributed by atoms with E-state index in [0.717, 1.165) is 18.2 Å². The second kappa shape index (κ2) is 8.04. The first-order chi connectivity index (χ1) is 12.8. The minimum Gasteiger partial charge on any atom is -0.487 e. The quantitative estimate of drug-likeness (QED) is 0.631. The number of carbonyl (C=O) groups excluding carboxylic acids is 1. The van der Waals surface area contributed by atoms with Gasteiger partial charge in [0.1, 0.15) is 18.0 Å². The summed E-state index contributed by atoms with van der Waals surface area (Å²) in [4.78, 5) is 12.1. The van der Waals surface area contributed by atoms with Crippen molar-refractivity contribution in [2.24, 2.45) is 0 Å². The molecular formula is C18H26N2O6S. The Labute approximate surface area is 159 Å². The lowest BCUT2D eigenvalue weighted by Gasteiger charge is -2.37. The van der Waals surface area contributed by atoms with Gasteiger partial charge in [-0.25, -0.2) is 8.42 Å². The van der Waals surface area contributed by atoms with E-state index >= 15 is 0 Å². The number of rotatable bonds is 7. The molecule has 0 aromatic heterocycles. The number of aliphatic hydroxyl groups excluding tert-OH is 1. The molecule has 9 heteroatoms. The van der Waals surface area contributed by atoms with Crippen molar-refractivity contribution in [1.82, 2.24) is 5.32 Å². The van der Waals surface area contributed by atoms with Crippen molar-refractivity contribution in [3.63, 3.8) is 0 Å². The van der Waals surface area contributed by atoms with Crippen molar-refractivity contribution in [3.05, 3.63) is 23.8 Å². The zero-order chi connectivity index (χ0) is 19.6. The lowest BCUT2D eigenvalue weighted by atomic mass is 9.84. The molecule has 2 aliphatic heterocycles. The van der Waals surface area contributed by atoms with Crippen molar-refractivity contribution < 1.29 is 27.8 Å². The molecule has 1 amide bonds. The molecule has 0 saturated carbocycles. The fraction of sp³-hybridized carbons (Fsp3) is 0.611. The Hall–Kier alpha value is -1.84. The molecule has 0 spiro atoms. The molecule has 4 atom stereocenters. The van der Waals surface area contributed by atoms with Crippen molar-refractivity contribution in [1.29, 1.82) is 0 Å². The monoisotopic (exact) mass is 398 g/mol. The number of sulfonamides is 1. The van der Waals surface area contributed by atoms with Crippen LogP contribution in [0.5, 0.6) is 5.75 Å². The molecule has 3 N–H and O–H groups in total. The largest absolute Gasteiger partial charge is 0.487 e. The number of anilines is 1. The van der Waals surface area contributed by atoms with E-state index in [2.05, 4.69) is 10.0 Å². The number of hydrogen-bond donors (Lipinski definition) is 3. The summed E-state index contributed by atoms with van der Waals surface area (Å²) < 4.78 is 37.3. The smallest absolute Gasteiger partial charge is 0.229 e. The fourth-order valence-electron chi connectivity index (χ4n) is 3.71. The van der Waals surface area contributed by atoms with Gasteiger partial charge in [0.2, 0.25) is 15.9 Å². The van der Waals surface area contributed by atoms with E-state index in [1.54, 1.807) is 18.2 Å². The number of nitrogens with one attached hydrogen (secondary N) is 2. The molecule has 8 nitrogen and oxygen atoms in total. The first kappa shape index (κ1) is 19.9. The fourth-order valence-corrected chi connectivity index (χ4v) is 4.27. The molecule has 0 radical (unpaired) electrons. The van der Waals surface area contributed by atoms with E-state index in [9.17, 15) is 18.3 Å². The number of carbonyl (C=O) groups is 1. The van der Waals surface area contributed by atoms with Gasteiger partial charge in [-0.3, -0.25) is 9.52 Å². The van der Waals surface area contributed by atoms with Crippen LogP contribution in [0.1, 0.15) is 37.7 Å². The Morgan fingerprint density at radius 1 is 1.37 bits per heavy atom. The SMILES string of the molecule is CCCNC(=O)C[C@@H]1C[C@@H]2c3cc(NS(C)(=O)=O)ccc3O[C@@H]2[C@H](CO)O1. The normalized spacial score (nSPS) is 26.6. The molecule has 1 fully saturated rings. The average molecular weight is 398 g/mol. The van der Waals surface area contributed by atoms with Crippen molar-refractivity contribution in [2.45, 2.75) is 50.4 Å². The summed E-state index contributed by atoms with van der Waals surface area (Å²) in [5.74, 6) is 0.502. The van der Waals surface area contributed by atoms with Crippen LogP contribution in [0.25, 0.3) is 0 Å². The Balaban J connectivity index is 1.79. The van der Waals surface area contributed by atoms with Gasteiger partial charge in [-0.1, -0.05) is 6.92 Å². The number of aliphatic hydroxyl groups is 1. The number of fused-ring (bicyclic) bond motifs is 3. The van der Waals surface area contributed by atoms with Crippen LogP contribution in [0.4, 0.5) is 5.69 Å². The molecule has 0 aliphatic carbocycles. The van der Waals surface area contributed by atoms with Gasteiger partial charge in [0.05, 0.1) is 25.4 Å². The van der Waals surface area contributed by atoms with Crippen LogP contribution in [-0.2, 0) is 19.6 Å². The van der Waals surface area contributed by atoms with Gasteiger partial charge in [-0.2, -0.15) is 0 Å². The Morgan fingerprint density at radius 2 is 2.15 bits per heavy atom. The number of amides is 1. The third kappa shape index (κ3) is 4.72. The molecule has 3 rings (SSSR count). The summed E-state index contributed by atoms with van der Waals surface area (Å²) in [6.07, 6.45) is 1.52. The molecule has 0 bridgehead atoms. The molecule has 2 heterocycles. The van der Waals surface area contributed by atoms with E-state index in [1.165, 1.54) is 0 Å². The molecule has 2 aliphatic rings. The molecule has 0 unspecified atom stereocenters. The van der Waals surface area contributed by atoms with Crippen LogP contribution in [0.2, 0.25) is 0 Å². The van der Waals surface area contributed by atoms with Crippen LogP contribution >= 0.6 is 0 Å². The summed E-state index contributed by atoms with van der Waals surface area (Å²) in [5, 5.41) is 12.6. The number of hydrogen-bond acceptors (Lipinski definition) is 6. The first-order valence-electron chi connectivity index (χ1n) is 9.12. The first-order valence-corrected chi connectivity index (χ1v) is 11.0. The zero-order valence-electron chi connectivity index (χ0n) is 15.5. The highest BCUT2D eigenvalue weighted by Gasteiger charge is 2.46. The average Bonchev–Trinajstić information content (AvgIpc) is 2.96. The highest BCUT2D eigenvalue weighted by molar-refractivity contribution is 7.92. The van der Waals surface area contributed by atoms with Crippen molar-refractivity contribution in [2.75, 3.05) is 24.1 Å². The van der Waals surface area contributed by atoms with Crippen molar-refractivity contribution in [3.8, 4) is 5.75 Å². The standard InChI is InChI=1S/C18H26N2O6S/c1-3-6-19-17(22)9-12-8-14-13-7-11(20-27(2,23)24)4-5-15(13)26-18(14)16(10-21)25-12/h4-5,7,12,14,16,18,20-21H,3,6,8-10H2,1-2H3,(H,19,22)/t12-,14+,16-,18-/m0/s1. The Kier molecular flexibility index (Phi) is 5.92. The van der Waals surface area contributed by atoms with Gasteiger partial charge in [-0.15, -0.1) is 0 Å². The van der Waals surface area contributed by atoms with Gasteiger partial charge in [-0.05, 0) is 31.0 Å². The van der Waals surface area contributed by atoms with Crippen molar-refractivity contribution >= 4 is 21.6 Å². The number of ether oxygens (including phenoxy) is 2. The van der Waals surface area contributed by atoms with Crippen LogP contribution < -0.4 is 14.8 Å². The summed E-state index contributed by atoms with van der Waals surface area (Å²) in [5.41, 5.74) is 1.33. The highest BCUT2D eigenvalue weighted by Crippen LogP contribution is 2.47. The van der Waals surface area contributed by atoms with Crippen LogP contribution in [0, 0.1) is 0 Å². The maximum absolute atomic E-state index is 12.1. The van der Waals surface area contributed by atoms with E-state index in [1.807, 2.05) is 6.92 Å². The van der Waals surface area contributed by atoms with E-state index in [0.29, 0.717) is 24.4 Å². The molecular weight excluding hydrogens is 372 g/mol. The zero-order valence-corrected chi connectivity index (χ0v) is 16.3. The van der Waals surface area contributed by atoms with Gasteiger partial charge in [0.25, 0.3) is 0 Å². The Bertz CT molecular complexity index is 797. The summed E-state index contributed by atoms with van der Waals surface area (Å²) in [7, 11) is -3.38. The van der Waals surface area contributed by atoms with E-state index in [4.69, 9.17) is 9.47 Å². The molecule has 27 heavy (non-hydrogen) atoms. The van der Waals surface area contributed by atoms with Gasteiger partial charge < -0.3 is 19.9 Å². The molecule has 1 saturated heterocycles. The second-order valence-electron chi connectivity index (χ2n) is 7.08. The molecule has 1 aromatic carbocycles. The third-order valence-corrected chi connectivity index (χ3v) is 5.39. The molecule has 1 aromatic rings. The van der Waals surface area contributed by atoms with Gasteiger partial charge in [0, 0.05) is 23.7 Å². The van der Waals surface area contributed by atoms with Crippen LogP contribution in [0.15, 0.2) is 18.2 Å². The summed E-state index contributed by atoms with van der Waals surface area (Å²) in [6.45, 7) is 2.39. The van der Waals surface area contributed by atoms with E-state index < -0.39 is 16.1 Å². The lowest BCUT2D eigenvalue weighted by Crippen LogP contribution is -2.47. The lowest BCUT2D eigenvalue weighted by molar-refractivity contribution is -0.142. The maximum Gasteiger partial charge on any atom is 0.229 e.